The molecule has 1 rings (SSSR count). The highest BCUT2D eigenvalue weighted by Gasteiger charge is 2.10. The standard InChI is InChI=1S/C11H19N3/c1-4-9(8(2)3)13-11-7-5-6-10(12)14-11/h5-9H,4H2,1-3H3,(H3,12,13,14). The van der Waals surface area contributed by atoms with E-state index >= 15 is 0 Å². The molecule has 0 amide bonds. The lowest BCUT2D eigenvalue weighted by Gasteiger charge is -2.21. The topological polar surface area (TPSA) is 50.9 Å². The number of aromatic nitrogens is 1. The Morgan fingerprint density at radius 2 is 2.14 bits per heavy atom. The maximum atomic E-state index is 5.60. The van der Waals surface area contributed by atoms with Gasteiger partial charge in [0.1, 0.15) is 11.6 Å². The van der Waals surface area contributed by atoms with Gasteiger partial charge in [-0.05, 0) is 24.5 Å². The van der Waals surface area contributed by atoms with Crippen LogP contribution in [0.1, 0.15) is 27.2 Å². The summed E-state index contributed by atoms with van der Waals surface area (Å²) in [5.74, 6) is 2.03. The van der Waals surface area contributed by atoms with Crippen LogP contribution in [0.25, 0.3) is 0 Å². The van der Waals surface area contributed by atoms with Gasteiger partial charge in [0.05, 0.1) is 0 Å². The van der Waals surface area contributed by atoms with Crippen LogP contribution in [-0.4, -0.2) is 11.0 Å². The summed E-state index contributed by atoms with van der Waals surface area (Å²) in [5, 5.41) is 3.38. The number of rotatable bonds is 4. The first-order valence-corrected chi connectivity index (χ1v) is 5.12. The highest BCUT2D eigenvalue weighted by atomic mass is 15.0. The van der Waals surface area contributed by atoms with Crippen LogP contribution in [0, 0.1) is 5.92 Å². The minimum Gasteiger partial charge on any atom is -0.384 e. The SMILES string of the molecule is CCC(Nc1cccc(N)n1)C(C)C. The molecule has 0 aliphatic heterocycles. The summed E-state index contributed by atoms with van der Waals surface area (Å²) < 4.78 is 0. The smallest absolute Gasteiger partial charge is 0.128 e. The van der Waals surface area contributed by atoms with Gasteiger partial charge >= 0.3 is 0 Å². The lowest BCUT2D eigenvalue weighted by atomic mass is 10.0. The minimum atomic E-state index is 0.462. The number of nitrogens with zero attached hydrogens (tertiary/aromatic N) is 1. The fourth-order valence-electron chi connectivity index (χ4n) is 1.46. The second-order valence-corrected chi connectivity index (χ2v) is 3.85. The third kappa shape index (κ3) is 2.91. The summed E-state index contributed by atoms with van der Waals surface area (Å²) in [6.45, 7) is 6.57. The quantitative estimate of drug-likeness (QED) is 0.772. The summed E-state index contributed by atoms with van der Waals surface area (Å²) in [6.07, 6.45) is 1.09. The molecule has 14 heavy (non-hydrogen) atoms. The van der Waals surface area contributed by atoms with Crippen molar-refractivity contribution in [1.82, 2.24) is 4.98 Å². The molecule has 3 heteroatoms. The number of nitrogen functional groups attached to an aromatic ring is 1. The van der Waals surface area contributed by atoms with Gasteiger partial charge in [0.25, 0.3) is 0 Å². The van der Waals surface area contributed by atoms with Crippen LogP contribution < -0.4 is 11.1 Å². The van der Waals surface area contributed by atoms with E-state index in [4.69, 9.17) is 5.73 Å². The molecule has 0 bridgehead atoms. The fraction of sp³-hybridized carbons (Fsp3) is 0.545. The fourth-order valence-corrected chi connectivity index (χ4v) is 1.46. The molecule has 1 aromatic heterocycles. The number of pyridine rings is 1. The van der Waals surface area contributed by atoms with Crippen molar-refractivity contribution in [2.24, 2.45) is 5.92 Å². The van der Waals surface area contributed by atoms with Crippen molar-refractivity contribution >= 4 is 11.6 Å². The molecule has 0 saturated carbocycles. The summed E-state index contributed by atoms with van der Waals surface area (Å²) in [6, 6.07) is 6.12. The molecule has 1 heterocycles. The van der Waals surface area contributed by atoms with Gasteiger partial charge in [-0.1, -0.05) is 26.8 Å². The van der Waals surface area contributed by atoms with E-state index in [1.807, 2.05) is 12.1 Å². The molecule has 0 aliphatic rings. The molecule has 0 spiro atoms. The number of hydrogen-bond acceptors (Lipinski definition) is 3. The molecule has 1 atom stereocenters. The molecule has 3 N–H and O–H groups in total. The second kappa shape index (κ2) is 4.84. The second-order valence-electron chi connectivity index (χ2n) is 3.85. The van der Waals surface area contributed by atoms with E-state index in [-0.39, 0.29) is 0 Å². The maximum absolute atomic E-state index is 5.60. The zero-order valence-corrected chi connectivity index (χ0v) is 9.12. The van der Waals surface area contributed by atoms with Crippen LogP contribution in [0.15, 0.2) is 18.2 Å². The van der Waals surface area contributed by atoms with Crippen molar-refractivity contribution in [2.75, 3.05) is 11.1 Å². The van der Waals surface area contributed by atoms with Gasteiger partial charge in [-0.15, -0.1) is 0 Å². The Morgan fingerprint density at radius 3 is 2.64 bits per heavy atom. The van der Waals surface area contributed by atoms with Crippen molar-refractivity contribution < 1.29 is 0 Å². The van der Waals surface area contributed by atoms with Gasteiger partial charge < -0.3 is 11.1 Å². The largest absolute Gasteiger partial charge is 0.384 e. The lowest BCUT2D eigenvalue weighted by Crippen LogP contribution is -2.25. The van der Waals surface area contributed by atoms with E-state index in [2.05, 4.69) is 31.1 Å². The molecule has 0 aliphatic carbocycles. The van der Waals surface area contributed by atoms with E-state index in [0.29, 0.717) is 17.8 Å². The summed E-state index contributed by atoms with van der Waals surface area (Å²) in [5.41, 5.74) is 5.60. The monoisotopic (exact) mass is 193 g/mol. The average Bonchev–Trinajstić information content (AvgIpc) is 2.14. The maximum Gasteiger partial charge on any atom is 0.128 e. The van der Waals surface area contributed by atoms with Crippen molar-refractivity contribution in [3.63, 3.8) is 0 Å². The van der Waals surface area contributed by atoms with E-state index in [1.165, 1.54) is 0 Å². The summed E-state index contributed by atoms with van der Waals surface area (Å²) >= 11 is 0. The first-order valence-electron chi connectivity index (χ1n) is 5.12. The van der Waals surface area contributed by atoms with E-state index in [9.17, 15) is 0 Å². The van der Waals surface area contributed by atoms with Gasteiger partial charge in [-0.2, -0.15) is 0 Å². The molecular formula is C11H19N3. The predicted octanol–water partition coefficient (Wildman–Crippen LogP) is 2.51. The van der Waals surface area contributed by atoms with Crippen molar-refractivity contribution in [3.05, 3.63) is 18.2 Å². The minimum absolute atomic E-state index is 0.462. The third-order valence-electron chi connectivity index (χ3n) is 2.35. The third-order valence-corrected chi connectivity index (χ3v) is 2.35. The first-order chi connectivity index (χ1) is 6.63. The molecule has 0 aromatic carbocycles. The number of nitrogens with one attached hydrogen (secondary N) is 1. The first kappa shape index (κ1) is 10.8. The van der Waals surface area contributed by atoms with Crippen LogP contribution in [-0.2, 0) is 0 Å². The van der Waals surface area contributed by atoms with Crippen molar-refractivity contribution in [1.29, 1.82) is 0 Å². The zero-order valence-electron chi connectivity index (χ0n) is 9.12. The average molecular weight is 193 g/mol. The Balaban J connectivity index is 2.67. The van der Waals surface area contributed by atoms with Crippen molar-refractivity contribution in [2.45, 2.75) is 33.2 Å². The summed E-state index contributed by atoms with van der Waals surface area (Å²) in [7, 11) is 0. The van der Waals surface area contributed by atoms with Crippen LogP contribution in [0.5, 0.6) is 0 Å². The van der Waals surface area contributed by atoms with Gasteiger partial charge in [0.15, 0.2) is 0 Å². The molecule has 0 saturated heterocycles. The zero-order chi connectivity index (χ0) is 10.6. The summed E-state index contributed by atoms with van der Waals surface area (Å²) in [4.78, 5) is 4.21. The van der Waals surface area contributed by atoms with Crippen LogP contribution in [0.4, 0.5) is 11.6 Å². The Bertz CT molecular complexity index is 284. The van der Waals surface area contributed by atoms with E-state index in [0.717, 1.165) is 12.2 Å². The molecular weight excluding hydrogens is 174 g/mol. The number of hydrogen-bond donors (Lipinski definition) is 2. The van der Waals surface area contributed by atoms with Gasteiger partial charge in [0, 0.05) is 6.04 Å². The van der Waals surface area contributed by atoms with E-state index in [1.54, 1.807) is 6.07 Å². The normalized spacial score (nSPS) is 12.9. The van der Waals surface area contributed by atoms with Crippen LogP contribution in [0.3, 0.4) is 0 Å². The van der Waals surface area contributed by atoms with Crippen LogP contribution >= 0.6 is 0 Å². The Labute approximate surface area is 85.7 Å². The molecule has 3 nitrogen and oxygen atoms in total. The van der Waals surface area contributed by atoms with Crippen LogP contribution in [0.2, 0.25) is 0 Å². The number of nitrogens with two attached hydrogens (primary N) is 1. The van der Waals surface area contributed by atoms with Gasteiger partial charge in [0.2, 0.25) is 0 Å². The Morgan fingerprint density at radius 1 is 1.43 bits per heavy atom. The predicted molar refractivity (Wildman–Crippen MR) is 61.2 cm³/mol. The highest BCUT2D eigenvalue weighted by molar-refractivity contribution is 5.42. The Hall–Kier alpha value is -1.25. The Kier molecular flexibility index (Phi) is 3.74. The molecule has 1 aromatic rings. The van der Waals surface area contributed by atoms with E-state index < -0.39 is 0 Å². The van der Waals surface area contributed by atoms with Gasteiger partial charge in [-0.3, -0.25) is 0 Å². The molecule has 0 fully saturated rings. The molecule has 0 radical (unpaired) electrons. The molecule has 78 valence electrons. The van der Waals surface area contributed by atoms with Gasteiger partial charge in [-0.25, -0.2) is 4.98 Å². The lowest BCUT2D eigenvalue weighted by molar-refractivity contribution is 0.510. The molecule has 1 unspecified atom stereocenters. The highest BCUT2D eigenvalue weighted by Crippen LogP contribution is 2.13. The van der Waals surface area contributed by atoms with Crippen molar-refractivity contribution in [3.8, 4) is 0 Å². The number of anilines is 2.